The van der Waals surface area contributed by atoms with Gasteiger partial charge in [0.05, 0.1) is 5.57 Å². The van der Waals surface area contributed by atoms with Crippen LogP contribution in [0.1, 0.15) is 11.7 Å². The van der Waals surface area contributed by atoms with Gasteiger partial charge >= 0.3 is 0 Å². The number of carbonyl (C=O) groups is 1. The fourth-order valence-corrected chi connectivity index (χ4v) is 1.47. The molecule has 1 aliphatic heterocycles. The van der Waals surface area contributed by atoms with Crippen LogP contribution in [0.5, 0.6) is 0 Å². The molecule has 0 radical (unpaired) electrons. The first-order chi connectivity index (χ1) is 6.70. The number of amides is 1. The molecular formula is C10H10N2O2. The van der Waals surface area contributed by atoms with Crippen molar-refractivity contribution in [2.24, 2.45) is 5.73 Å². The van der Waals surface area contributed by atoms with Gasteiger partial charge in [-0.15, -0.1) is 0 Å². The molecule has 4 heteroatoms. The summed E-state index contributed by atoms with van der Waals surface area (Å²) in [4.78, 5) is 10.9. The van der Waals surface area contributed by atoms with Crippen LogP contribution in [0.3, 0.4) is 0 Å². The fraction of sp³-hybridized carbons (Fsp3) is 0.100. The summed E-state index contributed by atoms with van der Waals surface area (Å²) in [5.74, 6) is -0.612. The number of benzene rings is 1. The Morgan fingerprint density at radius 2 is 2.14 bits per heavy atom. The predicted molar refractivity (Wildman–Crippen MR) is 52.3 cm³/mol. The van der Waals surface area contributed by atoms with E-state index in [-0.39, 0.29) is 5.57 Å². The minimum atomic E-state index is -0.926. The highest BCUT2D eigenvalue weighted by atomic mass is 16.3. The second-order valence-electron chi connectivity index (χ2n) is 3.10. The maximum atomic E-state index is 10.9. The van der Waals surface area contributed by atoms with Crippen molar-refractivity contribution >= 4 is 11.6 Å². The molecule has 0 spiro atoms. The van der Waals surface area contributed by atoms with E-state index in [0.29, 0.717) is 5.56 Å². The first-order valence-corrected chi connectivity index (χ1v) is 4.23. The average Bonchev–Trinajstić information content (AvgIpc) is 2.18. The van der Waals surface area contributed by atoms with Gasteiger partial charge in [0.15, 0.2) is 0 Å². The monoisotopic (exact) mass is 190 g/mol. The number of hydrogen-bond donors (Lipinski definition) is 3. The lowest BCUT2D eigenvalue weighted by atomic mass is 9.97. The Bertz CT molecular complexity index is 412. The maximum absolute atomic E-state index is 10.9. The van der Waals surface area contributed by atoms with Crippen LogP contribution < -0.4 is 11.1 Å². The molecule has 1 aromatic rings. The number of aliphatic hydroxyl groups is 1. The molecule has 1 atom stereocenters. The third kappa shape index (κ3) is 1.25. The lowest BCUT2D eigenvalue weighted by Gasteiger charge is -2.21. The van der Waals surface area contributed by atoms with Crippen LogP contribution >= 0.6 is 0 Å². The van der Waals surface area contributed by atoms with E-state index in [9.17, 15) is 9.90 Å². The third-order valence-corrected chi connectivity index (χ3v) is 2.22. The fourth-order valence-electron chi connectivity index (χ4n) is 1.47. The van der Waals surface area contributed by atoms with Crippen molar-refractivity contribution in [2.45, 2.75) is 6.10 Å². The molecule has 0 saturated carbocycles. The van der Waals surface area contributed by atoms with Crippen molar-refractivity contribution in [3.05, 3.63) is 41.6 Å². The van der Waals surface area contributed by atoms with Gasteiger partial charge in [0.25, 0.3) is 0 Å². The molecule has 1 heterocycles. The van der Waals surface area contributed by atoms with E-state index < -0.39 is 12.0 Å². The summed E-state index contributed by atoms with van der Waals surface area (Å²) in [6.07, 6.45) is 0.514. The summed E-state index contributed by atoms with van der Waals surface area (Å²) in [6.45, 7) is 0. The van der Waals surface area contributed by atoms with Crippen LogP contribution in [-0.2, 0) is 4.79 Å². The Labute approximate surface area is 81.0 Å². The molecule has 1 aromatic carbocycles. The lowest BCUT2D eigenvalue weighted by Crippen LogP contribution is -2.23. The SMILES string of the molecule is NC(=O)C1=CNc2ccccc2C1O. The predicted octanol–water partition coefficient (Wildman–Crippen LogP) is 0.515. The molecule has 0 fully saturated rings. The Kier molecular flexibility index (Phi) is 1.98. The molecular weight excluding hydrogens is 180 g/mol. The molecule has 72 valence electrons. The number of nitrogens with one attached hydrogen (secondary N) is 1. The van der Waals surface area contributed by atoms with Gasteiger partial charge in [0.1, 0.15) is 6.10 Å². The summed E-state index contributed by atoms with van der Waals surface area (Å²) in [6, 6.07) is 7.23. The number of fused-ring (bicyclic) bond motifs is 1. The molecule has 0 aliphatic carbocycles. The van der Waals surface area contributed by atoms with Crippen LogP contribution in [0.2, 0.25) is 0 Å². The number of nitrogens with two attached hydrogens (primary N) is 1. The van der Waals surface area contributed by atoms with Crippen molar-refractivity contribution in [2.75, 3.05) is 5.32 Å². The Morgan fingerprint density at radius 1 is 1.43 bits per heavy atom. The number of hydrogen-bond acceptors (Lipinski definition) is 3. The average molecular weight is 190 g/mol. The van der Waals surface area contributed by atoms with Gasteiger partial charge in [0.2, 0.25) is 5.91 Å². The molecule has 1 unspecified atom stereocenters. The van der Waals surface area contributed by atoms with E-state index in [1.54, 1.807) is 12.1 Å². The highest BCUT2D eigenvalue weighted by Crippen LogP contribution is 2.31. The number of aliphatic hydroxyl groups excluding tert-OH is 1. The normalized spacial score (nSPS) is 19.2. The summed E-state index contributed by atoms with van der Waals surface area (Å²) >= 11 is 0. The van der Waals surface area contributed by atoms with E-state index in [2.05, 4.69) is 5.32 Å². The topological polar surface area (TPSA) is 75.4 Å². The zero-order chi connectivity index (χ0) is 10.1. The molecule has 4 nitrogen and oxygen atoms in total. The van der Waals surface area contributed by atoms with Gasteiger partial charge in [-0.25, -0.2) is 0 Å². The van der Waals surface area contributed by atoms with Crippen molar-refractivity contribution in [1.82, 2.24) is 0 Å². The summed E-state index contributed by atoms with van der Waals surface area (Å²) < 4.78 is 0. The van der Waals surface area contributed by atoms with Gasteiger partial charge < -0.3 is 16.2 Å². The zero-order valence-electron chi connectivity index (χ0n) is 7.40. The number of anilines is 1. The summed E-state index contributed by atoms with van der Waals surface area (Å²) in [5.41, 5.74) is 6.76. The van der Waals surface area contributed by atoms with E-state index in [4.69, 9.17) is 5.73 Å². The third-order valence-electron chi connectivity index (χ3n) is 2.22. The van der Waals surface area contributed by atoms with Crippen LogP contribution in [0.25, 0.3) is 0 Å². The maximum Gasteiger partial charge on any atom is 0.249 e. The summed E-state index contributed by atoms with van der Waals surface area (Å²) in [5, 5.41) is 12.7. The van der Waals surface area contributed by atoms with Gasteiger partial charge in [-0.3, -0.25) is 4.79 Å². The smallest absolute Gasteiger partial charge is 0.249 e. The largest absolute Gasteiger partial charge is 0.383 e. The minimum Gasteiger partial charge on any atom is -0.383 e. The van der Waals surface area contributed by atoms with Crippen molar-refractivity contribution in [1.29, 1.82) is 0 Å². The van der Waals surface area contributed by atoms with E-state index >= 15 is 0 Å². The number of carbonyl (C=O) groups excluding carboxylic acids is 1. The number of rotatable bonds is 1. The van der Waals surface area contributed by atoms with Crippen molar-refractivity contribution < 1.29 is 9.90 Å². The standard InChI is InChI=1S/C10H10N2O2/c11-10(14)7-5-12-8-4-2-1-3-6(8)9(7)13/h1-5,9,12-13H,(H2,11,14). The quantitative estimate of drug-likeness (QED) is 0.604. The highest BCUT2D eigenvalue weighted by molar-refractivity contribution is 5.94. The number of primary amides is 1. The Hall–Kier alpha value is -1.81. The van der Waals surface area contributed by atoms with Crippen molar-refractivity contribution in [3.8, 4) is 0 Å². The van der Waals surface area contributed by atoms with Gasteiger partial charge in [-0.1, -0.05) is 18.2 Å². The van der Waals surface area contributed by atoms with E-state index in [1.807, 2.05) is 12.1 Å². The van der Waals surface area contributed by atoms with Crippen LogP contribution in [0.4, 0.5) is 5.69 Å². The van der Waals surface area contributed by atoms with Crippen LogP contribution in [0.15, 0.2) is 36.0 Å². The molecule has 0 saturated heterocycles. The first-order valence-electron chi connectivity index (χ1n) is 4.23. The first kappa shape index (κ1) is 8.77. The summed E-state index contributed by atoms with van der Waals surface area (Å²) in [7, 11) is 0. The molecule has 14 heavy (non-hydrogen) atoms. The van der Waals surface area contributed by atoms with E-state index in [0.717, 1.165) is 5.69 Å². The Morgan fingerprint density at radius 3 is 2.86 bits per heavy atom. The van der Waals surface area contributed by atoms with Gasteiger partial charge in [-0.2, -0.15) is 0 Å². The van der Waals surface area contributed by atoms with Gasteiger partial charge in [-0.05, 0) is 6.07 Å². The number of para-hydroxylation sites is 1. The minimum absolute atomic E-state index is 0.184. The second kappa shape index (κ2) is 3.16. The van der Waals surface area contributed by atoms with Gasteiger partial charge in [0, 0.05) is 17.5 Å². The van der Waals surface area contributed by atoms with Crippen LogP contribution in [0, 0.1) is 0 Å². The van der Waals surface area contributed by atoms with Crippen LogP contribution in [-0.4, -0.2) is 11.0 Å². The molecule has 0 bridgehead atoms. The highest BCUT2D eigenvalue weighted by Gasteiger charge is 2.23. The molecule has 2 rings (SSSR count). The van der Waals surface area contributed by atoms with Crippen molar-refractivity contribution in [3.63, 3.8) is 0 Å². The second-order valence-corrected chi connectivity index (χ2v) is 3.10. The molecule has 0 aromatic heterocycles. The lowest BCUT2D eigenvalue weighted by molar-refractivity contribution is -0.115. The zero-order valence-corrected chi connectivity index (χ0v) is 7.40. The molecule has 4 N–H and O–H groups in total. The Balaban J connectivity index is 2.44. The van der Waals surface area contributed by atoms with E-state index in [1.165, 1.54) is 6.20 Å². The molecule has 1 aliphatic rings. The molecule has 1 amide bonds.